The number of Topliss-reactive ketones (excluding diaryl/α,β-unsaturated/α-hetero) is 1. The van der Waals surface area contributed by atoms with Gasteiger partial charge in [0.05, 0.1) is 17.8 Å². The quantitative estimate of drug-likeness (QED) is 0.655. The summed E-state index contributed by atoms with van der Waals surface area (Å²) in [5.74, 6) is 1.37. The largest absolute Gasteiger partial charge is 0.391 e. The number of ketones is 1. The highest BCUT2D eigenvalue weighted by Gasteiger charge is 2.28. The predicted octanol–water partition coefficient (Wildman–Crippen LogP) is 2.95. The van der Waals surface area contributed by atoms with Gasteiger partial charge in [-0.15, -0.1) is 0 Å². The Kier molecular flexibility index (Phi) is 5.36. The molecule has 3 aromatic rings. The number of aromatic nitrogens is 3. The Balaban J connectivity index is 0.00000205. The number of carbonyl (C=O) groups is 1. The van der Waals surface area contributed by atoms with Gasteiger partial charge < -0.3 is 10.0 Å². The van der Waals surface area contributed by atoms with Gasteiger partial charge in [-0.05, 0) is 60.6 Å². The van der Waals surface area contributed by atoms with Crippen molar-refractivity contribution in [2.45, 2.75) is 37.7 Å². The first-order chi connectivity index (χ1) is 13.6. The van der Waals surface area contributed by atoms with Crippen LogP contribution < -0.4 is 4.90 Å². The molecule has 1 saturated heterocycles. The topological polar surface area (TPSA) is 71.2 Å². The van der Waals surface area contributed by atoms with E-state index in [-0.39, 0.29) is 25.4 Å². The van der Waals surface area contributed by atoms with E-state index in [1.165, 1.54) is 18.4 Å². The van der Waals surface area contributed by atoms with E-state index in [4.69, 9.17) is 0 Å². The molecule has 3 heterocycles. The van der Waals surface area contributed by atoms with Gasteiger partial charge in [0.1, 0.15) is 11.5 Å². The minimum Gasteiger partial charge on any atom is -0.391 e. The molecule has 5 rings (SSSR count). The van der Waals surface area contributed by atoms with E-state index in [0.29, 0.717) is 24.6 Å². The van der Waals surface area contributed by atoms with Gasteiger partial charge in [-0.1, -0.05) is 6.07 Å². The zero-order valence-corrected chi connectivity index (χ0v) is 17.5. The normalized spacial score (nSPS) is 18.8. The highest BCUT2D eigenvalue weighted by Crippen LogP contribution is 2.43. The first-order valence-corrected chi connectivity index (χ1v) is 9.96. The van der Waals surface area contributed by atoms with Crippen LogP contribution in [0.1, 0.15) is 46.8 Å². The van der Waals surface area contributed by atoms with E-state index in [1.807, 2.05) is 35.0 Å². The van der Waals surface area contributed by atoms with Crippen molar-refractivity contribution in [3.8, 4) is 0 Å². The smallest absolute Gasteiger partial charge is 0.185 e. The SMILES string of the molecule is Cn1ncc2cc(CC(=O)c3cccc(N4CC[C@H](O)C4)n3)c(C3CC3)cc21.S. The second-order valence-electron chi connectivity index (χ2n) is 8.02. The number of nitrogens with zero attached hydrogens (tertiary/aromatic N) is 4. The maximum atomic E-state index is 13.0. The van der Waals surface area contributed by atoms with Gasteiger partial charge in [-0.25, -0.2) is 4.98 Å². The standard InChI is InChI=1S/C22H24N4O2.H2S/c1-25-20-11-18(14-5-6-14)15(9-16(20)12-23-25)10-21(28)19-3-2-4-22(24-19)26-8-7-17(27)13-26;/h2-4,9,11-12,14,17,27H,5-8,10,13H2,1H3;1H2/t17-;/m0./s1. The number of aliphatic hydroxyl groups is 1. The third-order valence-corrected chi connectivity index (χ3v) is 5.88. The van der Waals surface area contributed by atoms with E-state index in [1.54, 1.807) is 6.07 Å². The maximum absolute atomic E-state index is 13.0. The van der Waals surface area contributed by atoms with Crippen LogP contribution in [-0.2, 0) is 13.5 Å². The Labute approximate surface area is 177 Å². The number of carbonyl (C=O) groups excluding carboxylic acids is 1. The molecule has 0 radical (unpaired) electrons. The van der Waals surface area contributed by atoms with E-state index >= 15 is 0 Å². The van der Waals surface area contributed by atoms with Crippen LogP contribution in [0, 0.1) is 0 Å². The van der Waals surface area contributed by atoms with Crippen LogP contribution in [-0.4, -0.2) is 44.8 Å². The molecule has 152 valence electrons. The molecule has 2 fully saturated rings. The molecule has 2 aromatic heterocycles. The minimum atomic E-state index is -0.312. The fraction of sp³-hybridized carbons (Fsp3) is 0.409. The van der Waals surface area contributed by atoms with Crippen LogP contribution in [0.2, 0.25) is 0 Å². The number of rotatable bonds is 5. The molecule has 7 heteroatoms. The molecular weight excluding hydrogens is 384 g/mol. The number of benzene rings is 1. The Morgan fingerprint density at radius 3 is 2.79 bits per heavy atom. The number of β-amino-alcohol motifs (C(OH)–C–C–N with tert-alkyl or cyclic N) is 1. The van der Waals surface area contributed by atoms with Crippen LogP contribution in [0.4, 0.5) is 5.82 Å². The first-order valence-electron chi connectivity index (χ1n) is 9.96. The highest BCUT2D eigenvalue weighted by atomic mass is 32.1. The molecule has 0 bridgehead atoms. The van der Waals surface area contributed by atoms with E-state index in [9.17, 15) is 9.90 Å². The molecule has 0 spiro atoms. The van der Waals surface area contributed by atoms with Gasteiger partial charge in [0.15, 0.2) is 5.78 Å². The molecule has 6 nitrogen and oxygen atoms in total. The summed E-state index contributed by atoms with van der Waals surface area (Å²) in [5.41, 5.74) is 3.98. The molecule has 1 N–H and O–H groups in total. The number of hydrogen-bond acceptors (Lipinski definition) is 5. The van der Waals surface area contributed by atoms with Crippen molar-refractivity contribution >= 4 is 36.0 Å². The van der Waals surface area contributed by atoms with Crippen molar-refractivity contribution in [2.24, 2.45) is 7.05 Å². The number of aliphatic hydroxyl groups excluding tert-OH is 1. The molecule has 1 aliphatic carbocycles. The van der Waals surface area contributed by atoms with Crippen LogP contribution >= 0.6 is 13.5 Å². The molecule has 1 aromatic carbocycles. The molecule has 1 saturated carbocycles. The van der Waals surface area contributed by atoms with Gasteiger partial charge in [0, 0.05) is 31.9 Å². The van der Waals surface area contributed by atoms with Crippen LogP contribution in [0.25, 0.3) is 10.9 Å². The number of anilines is 1. The lowest BCUT2D eigenvalue weighted by molar-refractivity contribution is 0.0988. The van der Waals surface area contributed by atoms with Crippen molar-refractivity contribution in [1.29, 1.82) is 0 Å². The van der Waals surface area contributed by atoms with Gasteiger partial charge in [0.25, 0.3) is 0 Å². The van der Waals surface area contributed by atoms with Gasteiger partial charge in [-0.3, -0.25) is 9.48 Å². The Morgan fingerprint density at radius 2 is 2.07 bits per heavy atom. The average molecular weight is 411 g/mol. The monoisotopic (exact) mass is 410 g/mol. The van der Waals surface area contributed by atoms with Gasteiger partial charge in [0.2, 0.25) is 0 Å². The second-order valence-corrected chi connectivity index (χ2v) is 8.02. The van der Waals surface area contributed by atoms with E-state index in [0.717, 1.165) is 35.2 Å². The lowest BCUT2D eigenvalue weighted by Crippen LogP contribution is -2.23. The summed E-state index contributed by atoms with van der Waals surface area (Å²) in [6.45, 7) is 1.35. The highest BCUT2D eigenvalue weighted by molar-refractivity contribution is 7.59. The molecule has 1 aliphatic heterocycles. The Bertz CT molecular complexity index is 1060. The maximum Gasteiger partial charge on any atom is 0.185 e. The fourth-order valence-electron chi connectivity index (χ4n) is 4.16. The van der Waals surface area contributed by atoms with Crippen LogP contribution in [0.15, 0.2) is 36.5 Å². The summed E-state index contributed by atoms with van der Waals surface area (Å²) in [5, 5.41) is 15.2. The Morgan fingerprint density at radius 1 is 1.24 bits per heavy atom. The van der Waals surface area contributed by atoms with Crippen LogP contribution in [0.3, 0.4) is 0 Å². The predicted molar refractivity (Wildman–Crippen MR) is 118 cm³/mol. The van der Waals surface area contributed by atoms with Gasteiger partial charge >= 0.3 is 0 Å². The van der Waals surface area contributed by atoms with Crippen LogP contribution in [0.5, 0.6) is 0 Å². The number of hydrogen-bond donors (Lipinski definition) is 1. The average Bonchev–Trinajstić information content (AvgIpc) is 3.36. The third kappa shape index (κ3) is 3.89. The van der Waals surface area contributed by atoms with E-state index in [2.05, 4.69) is 22.2 Å². The van der Waals surface area contributed by atoms with Crippen molar-refractivity contribution in [3.63, 3.8) is 0 Å². The zero-order valence-electron chi connectivity index (χ0n) is 16.5. The van der Waals surface area contributed by atoms with E-state index < -0.39 is 0 Å². The lowest BCUT2D eigenvalue weighted by atomic mass is 9.96. The molecule has 1 atom stereocenters. The summed E-state index contributed by atoms with van der Waals surface area (Å²) >= 11 is 0. The summed E-state index contributed by atoms with van der Waals surface area (Å²) in [7, 11) is 1.95. The molecular formula is C22H26N4O2S. The molecule has 29 heavy (non-hydrogen) atoms. The zero-order chi connectivity index (χ0) is 19.3. The lowest BCUT2D eigenvalue weighted by Gasteiger charge is -2.17. The fourth-order valence-corrected chi connectivity index (χ4v) is 4.16. The summed E-state index contributed by atoms with van der Waals surface area (Å²) in [4.78, 5) is 19.7. The molecule has 0 amide bonds. The number of aryl methyl sites for hydroxylation is 1. The summed E-state index contributed by atoms with van der Waals surface area (Å²) in [6, 6.07) is 9.91. The summed E-state index contributed by atoms with van der Waals surface area (Å²) < 4.78 is 1.89. The summed E-state index contributed by atoms with van der Waals surface area (Å²) in [6.07, 6.45) is 5.03. The number of pyridine rings is 1. The molecule has 0 unspecified atom stereocenters. The third-order valence-electron chi connectivity index (χ3n) is 5.88. The second kappa shape index (κ2) is 7.80. The number of fused-ring (bicyclic) bond motifs is 1. The van der Waals surface area contributed by atoms with Gasteiger partial charge in [-0.2, -0.15) is 18.6 Å². The minimum absolute atomic E-state index is 0. The first kappa shape index (κ1) is 19.9. The van der Waals surface area contributed by atoms with Crippen molar-refractivity contribution in [2.75, 3.05) is 18.0 Å². The van der Waals surface area contributed by atoms with Crippen molar-refractivity contribution in [3.05, 3.63) is 53.3 Å². The van der Waals surface area contributed by atoms with Crippen molar-refractivity contribution in [1.82, 2.24) is 14.8 Å². The molecule has 2 aliphatic rings. The Hall–Kier alpha value is -2.38. The van der Waals surface area contributed by atoms with Crippen molar-refractivity contribution < 1.29 is 9.90 Å².